The van der Waals surface area contributed by atoms with Gasteiger partial charge in [-0.25, -0.2) is 0 Å². The van der Waals surface area contributed by atoms with Crippen molar-refractivity contribution in [2.75, 3.05) is 33.9 Å². The van der Waals surface area contributed by atoms with Crippen LogP contribution in [-0.2, 0) is 0 Å². The quantitative estimate of drug-likeness (QED) is 0.480. The van der Waals surface area contributed by atoms with E-state index in [9.17, 15) is 0 Å². The molecule has 6 N–H and O–H groups in total. The summed E-state index contributed by atoms with van der Waals surface area (Å²) in [4.78, 5) is 0. The van der Waals surface area contributed by atoms with E-state index in [0.717, 1.165) is 42.2 Å². The van der Waals surface area contributed by atoms with Crippen LogP contribution in [0, 0.1) is 5.92 Å². The second kappa shape index (κ2) is 9.93. The third-order valence-corrected chi connectivity index (χ3v) is 5.14. The fourth-order valence-electron chi connectivity index (χ4n) is 3.48. The van der Waals surface area contributed by atoms with Gasteiger partial charge in [0.25, 0.3) is 0 Å². The van der Waals surface area contributed by atoms with Crippen LogP contribution in [0.15, 0.2) is 60.5 Å². The molecular formula is C22H31N5O2. The third kappa shape index (κ3) is 5.26. The molecule has 1 fully saturated rings. The number of allylic oxidation sites excluding steroid dienone is 2. The van der Waals surface area contributed by atoms with Gasteiger partial charge in [-0.3, -0.25) is 0 Å². The number of hydrogen-bond acceptors (Lipinski definition) is 7. The van der Waals surface area contributed by atoms with Crippen molar-refractivity contribution in [3.8, 4) is 11.5 Å². The van der Waals surface area contributed by atoms with E-state index < -0.39 is 0 Å². The van der Waals surface area contributed by atoms with Crippen LogP contribution in [0.1, 0.15) is 18.4 Å². The topological polar surface area (TPSA) is 92.6 Å². The van der Waals surface area contributed by atoms with Gasteiger partial charge in [0.15, 0.2) is 11.5 Å². The fourth-order valence-corrected chi connectivity index (χ4v) is 3.48. The number of piperidine rings is 1. The minimum atomic E-state index is 0.587. The van der Waals surface area contributed by atoms with E-state index in [1.807, 2.05) is 36.7 Å². The normalized spacial score (nSPS) is 21.7. The minimum Gasteiger partial charge on any atom is -0.493 e. The maximum atomic E-state index is 6.36. The van der Waals surface area contributed by atoms with Crippen LogP contribution in [0.25, 0.3) is 5.57 Å². The van der Waals surface area contributed by atoms with E-state index in [0.29, 0.717) is 23.2 Å². The molecule has 3 rings (SSSR count). The summed E-state index contributed by atoms with van der Waals surface area (Å²) in [6, 6.07) is 5.73. The summed E-state index contributed by atoms with van der Waals surface area (Å²) in [5, 5.41) is 13.3. The summed E-state index contributed by atoms with van der Waals surface area (Å²) >= 11 is 0. The Bertz CT molecular complexity index is 822. The Hall–Kier alpha value is -3.06. The Morgan fingerprint density at radius 1 is 1.24 bits per heavy atom. The molecule has 0 radical (unpaired) electrons. The lowest BCUT2D eigenvalue weighted by atomic mass is 10.00. The van der Waals surface area contributed by atoms with E-state index in [1.165, 1.54) is 12.8 Å². The van der Waals surface area contributed by atoms with Gasteiger partial charge in [0.1, 0.15) is 11.5 Å². The zero-order valence-electron chi connectivity index (χ0n) is 17.2. The van der Waals surface area contributed by atoms with Gasteiger partial charge in [-0.15, -0.1) is 0 Å². The predicted octanol–water partition coefficient (Wildman–Crippen LogP) is 1.98. The van der Waals surface area contributed by atoms with Crippen molar-refractivity contribution in [3.63, 3.8) is 0 Å². The van der Waals surface area contributed by atoms with E-state index >= 15 is 0 Å². The number of hydrogen-bond donors (Lipinski definition) is 5. The first-order valence-electron chi connectivity index (χ1n) is 9.88. The van der Waals surface area contributed by atoms with E-state index in [1.54, 1.807) is 14.2 Å². The van der Waals surface area contributed by atoms with Crippen LogP contribution < -0.4 is 36.5 Å². The number of methoxy groups -OCH3 is 2. The SMILES string of the molecule is C=C(/C=C1/NC=CN/C1=C(/N)NC[C@@H]1CCCNC1)c1ccc(OC)c(OC)c1. The summed E-state index contributed by atoms with van der Waals surface area (Å²) in [5.74, 6) is 2.54. The number of ether oxygens (including phenoxy) is 2. The zero-order chi connectivity index (χ0) is 20.6. The van der Waals surface area contributed by atoms with Crippen LogP contribution in [0.4, 0.5) is 0 Å². The molecule has 1 aromatic rings. The smallest absolute Gasteiger partial charge is 0.161 e. The molecule has 0 unspecified atom stereocenters. The van der Waals surface area contributed by atoms with Gasteiger partial charge >= 0.3 is 0 Å². The molecule has 0 aromatic heterocycles. The van der Waals surface area contributed by atoms with E-state index in [-0.39, 0.29) is 0 Å². The lowest BCUT2D eigenvalue weighted by molar-refractivity contribution is 0.355. The first-order chi connectivity index (χ1) is 14.1. The molecule has 2 aliphatic heterocycles. The maximum absolute atomic E-state index is 6.36. The predicted molar refractivity (Wildman–Crippen MR) is 117 cm³/mol. The largest absolute Gasteiger partial charge is 0.493 e. The Morgan fingerprint density at radius 2 is 2.03 bits per heavy atom. The van der Waals surface area contributed by atoms with Gasteiger partial charge in [-0.05, 0) is 61.2 Å². The average Bonchev–Trinajstić information content (AvgIpc) is 2.78. The van der Waals surface area contributed by atoms with E-state index in [4.69, 9.17) is 15.2 Å². The summed E-state index contributed by atoms with van der Waals surface area (Å²) in [6.07, 6.45) is 8.04. The molecule has 0 saturated carbocycles. The highest BCUT2D eigenvalue weighted by molar-refractivity contribution is 5.75. The molecule has 1 saturated heterocycles. The standard InChI is InChI=1S/C22H31N5O2/c1-15(17-6-7-19(28-2)20(12-17)29-3)11-18-21(26-10-9-25-18)22(23)27-14-16-5-4-8-24-13-16/h6-7,9-12,16,24-27H,1,4-5,8,13-14,23H2,2-3H3/b18-11+,22-21-/t16-/m1/s1. The molecule has 0 aliphatic carbocycles. The van der Waals surface area contributed by atoms with E-state index in [2.05, 4.69) is 27.8 Å². The van der Waals surface area contributed by atoms with Gasteiger partial charge in [-0.1, -0.05) is 12.6 Å². The van der Waals surface area contributed by atoms with Crippen LogP contribution >= 0.6 is 0 Å². The van der Waals surface area contributed by atoms with Crippen molar-refractivity contribution in [2.45, 2.75) is 12.8 Å². The second-order valence-electron chi connectivity index (χ2n) is 7.16. The molecule has 0 bridgehead atoms. The minimum absolute atomic E-state index is 0.587. The number of nitrogens with two attached hydrogens (primary N) is 1. The highest BCUT2D eigenvalue weighted by Crippen LogP contribution is 2.30. The summed E-state index contributed by atoms with van der Waals surface area (Å²) in [6.45, 7) is 7.18. The van der Waals surface area contributed by atoms with Crippen molar-refractivity contribution in [3.05, 3.63) is 66.0 Å². The Morgan fingerprint density at radius 3 is 2.76 bits per heavy atom. The molecule has 156 valence electrons. The molecular weight excluding hydrogens is 366 g/mol. The molecule has 1 aromatic carbocycles. The first-order valence-corrected chi connectivity index (χ1v) is 9.88. The Labute approximate surface area is 172 Å². The summed E-state index contributed by atoms with van der Waals surface area (Å²) in [7, 11) is 3.24. The van der Waals surface area contributed by atoms with Crippen molar-refractivity contribution in [2.24, 2.45) is 11.7 Å². The van der Waals surface area contributed by atoms with Gasteiger partial charge in [0.2, 0.25) is 0 Å². The molecule has 0 spiro atoms. The Balaban J connectivity index is 1.76. The molecule has 2 heterocycles. The highest BCUT2D eigenvalue weighted by Gasteiger charge is 2.16. The lowest BCUT2D eigenvalue weighted by Gasteiger charge is -2.25. The van der Waals surface area contributed by atoms with Crippen molar-refractivity contribution in [1.82, 2.24) is 21.3 Å². The van der Waals surface area contributed by atoms with Gasteiger partial charge in [0, 0.05) is 18.9 Å². The van der Waals surface area contributed by atoms with Gasteiger partial charge in [-0.2, -0.15) is 0 Å². The van der Waals surface area contributed by atoms with Crippen molar-refractivity contribution < 1.29 is 9.47 Å². The lowest BCUT2D eigenvalue weighted by Crippen LogP contribution is -2.38. The molecule has 2 aliphatic rings. The fraction of sp³-hybridized carbons (Fsp3) is 0.364. The second-order valence-corrected chi connectivity index (χ2v) is 7.16. The molecule has 0 amide bonds. The molecule has 29 heavy (non-hydrogen) atoms. The number of nitrogens with one attached hydrogen (secondary N) is 4. The molecule has 7 heteroatoms. The number of rotatable bonds is 7. The van der Waals surface area contributed by atoms with Crippen LogP contribution in [0.3, 0.4) is 0 Å². The van der Waals surface area contributed by atoms with Crippen molar-refractivity contribution >= 4 is 5.57 Å². The third-order valence-electron chi connectivity index (χ3n) is 5.14. The van der Waals surface area contributed by atoms with Crippen LogP contribution in [0.2, 0.25) is 0 Å². The zero-order valence-corrected chi connectivity index (χ0v) is 17.2. The van der Waals surface area contributed by atoms with Crippen LogP contribution in [0.5, 0.6) is 11.5 Å². The summed E-state index contributed by atoms with van der Waals surface area (Å²) in [5.41, 5.74) is 9.77. The number of benzene rings is 1. The molecule has 7 nitrogen and oxygen atoms in total. The monoisotopic (exact) mass is 397 g/mol. The van der Waals surface area contributed by atoms with Gasteiger partial charge < -0.3 is 36.5 Å². The maximum Gasteiger partial charge on any atom is 0.161 e. The van der Waals surface area contributed by atoms with Crippen molar-refractivity contribution in [1.29, 1.82) is 0 Å². The van der Waals surface area contributed by atoms with Crippen LogP contribution in [-0.4, -0.2) is 33.9 Å². The average molecular weight is 398 g/mol. The Kier molecular flexibility index (Phi) is 7.08. The van der Waals surface area contributed by atoms with Gasteiger partial charge in [0.05, 0.1) is 19.9 Å². The summed E-state index contributed by atoms with van der Waals surface area (Å²) < 4.78 is 10.7. The molecule has 1 atom stereocenters. The highest BCUT2D eigenvalue weighted by atomic mass is 16.5. The first kappa shape index (κ1) is 20.7.